The van der Waals surface area contributed by atoms with Crippen molar-refractivity contribution in [3.8, 4) is 5.75 Å². The van der Waals surface area contributed by atoms with E-state index in [-0.39, 0.29) is 5.91 Å². The van der Waals surface area contributed by atoms with Crippen LogP contribution >= 0.6 is 0 Å². The van der Waals surface area contributed by atoms with Gasteiger partial charge in [-0.05, 0) is 58.4 Å². The molecule has 0 radical (unpaired) electrons. The van der Waals surface area contributed by atoms with Crippen LogP contribution in [0.5, 0.6) is 5.75 Å². The summed E-state index contributed by atoms with van der Waals surface area (Å²) in [5.74, 6) is 0.711. The van der Waals surface area contributed by atoms with Crippen LogP contribution in [-0.2, 0) is 4.79 Å². The van der Waals surface area contributed by atoms with Gasteiger partial charge in [-0.1, -0.05) is 12.5 Å². The molecule has 0 saturated carbocycles. The van der Waals surface area contributed by atoms with Crippen LogP contribution in [0.2, 0.25) is 0 Å². The summed E-state index contributed by atoms with van der Waals surface area (Å²) in [5.41, 5.74) is 13.5. The number of hydrogen-bond donors (Lipinski definition) is 3. The van der Waals surface area contributed by atoms with E-state index in [1.165, 1.54) is 0 Å². The molecule has 5 N–H and O–H groups in total. The number of unbranched alkanes of at least 4 members (excludes halogenated alkanes) is 2. The van der Waals surface area contributed by atoms with Gasteiger partial charge < -0.3 is 21.5 Å². The molecule has 1 aromatic carbocycles. The largest absolute Gasteiger partial charge is 0.490 e. The number of pyridine rings is 1. The molecule has 0 aliphatic carbocycles. The number of carbonyl (C=O) groups is 1. The Morgan fingerprint density at radius 2 is 2.04 bits per heavy atom. The molecule has 0 saturated heterocycles. The standard InChI is InChI=1S/C20H30N4O2/c1-14-12-15(22)19-16(23-14)8-7-9-17(19)26-13-20(2,3)24-18(25)10-5-4-6-11-21/h7-9,12H,4-6,10-11,13,21H2,1-3H3,(H2,22,23)(H,24,25). The summed E-state index contributed by atoms with van der Waals surface area (Å²) in [5, 5.41) is 3.84. The Kier molecular flexibility index (Phi) is 6.80. The number of amides is 1. The Labute approximate surface area is 155 Å². The second-order valence-corrected chi connectivity index (χ2v) is 7.32. The molecule has 0 atom stereocenters. The average Bonchev–Trinajstić information content (AvgIpc) is 2.56. The monoisotopic (exact) mass is 358 g/mol. The lowest BCUT2D eigenvalue weighted by Crippen LogP contribution is -2.47. The number of rotatable bonds is 9. The van der Waals surface area contributed by atoms with Gasteiger partial charge in [0.25, 0.3) is 0 Å². The van der Waals surface area contributed by atoms with Gasteiger partial charge in [0, 0.05) is 17.8 Å². The van der Waals surface area contributed by atoms with Crippen LogP contribution in [0.1, 0.15) is 45.2 Å². The number of hydrogen-bond acceptors (Lipinski definition) is 5. The first-order valence-electron chi connectivity index (χ1n) is 9.12. The number of aromatic nitrogens is 1. The molecule has 0 spiro atoms. The minimum atomic E-state index is -0.486. The molecule has 142 valence electrons. The van der Waals surface area contributed by atoms with Crippen LogP contribution in [0.3, 0.4) is 0 Å². The van der Waals surface area contributed by atoms with Crippen molar-refractivity contribution < 1.29 is 9.53 Å². The van der Waals surface area contributed by atoms with Crippen molar-refractivity contribution in [3.05, 3.63) is 30.0 Å². The molecular weight excluding hydrogens is 328 g/mol. The van der Waals surface area contributed by atoms with Crippen molar-refractivity contribution in [2.75, 3.05) is 18.9 Å². The van der Waals surface area contributed by atoms with Gasteiger partial charge >= 0.3 is 0 Å². The number of aryl methyl sites for hydroxylation is 1. The minimum Gasteiger partial charge on any atom is -0.490 e. The maximum absolute atomic E-state index is 12.1. The van der Waals surface area contributed by atoms with Gasteiger partial charge in [-0.3, -0.25) is 9.78 Å². The third kappa shape index (κ3) is 5.59. The fourth-order valence-corrected chi connectivity index (χ4v) is 2.88. The molecule has 2 rings (SSSR count). The van der Waals surface area contributed by atoms with Gasteiger partial charge in [0.1, 0.15) is 12.4 Å². The van der Waals surface area contributed by atoms with Gasteiger partial charge in [-0.2, -0.15) is 0 Å². The van der Waals surface area contributed by atoms with E-state index in [0.29, 0.717) is 31.0 Å². The highest BCUT2D eigenvalue weighted by atomic mass is 16.5. The van der Waals surface area contributed by atoms with E-state index in [1.54, 1.807) is 0 Å². The van der Waals surface area contributed by atoms with E-state index >= 15 is 0 Å². The fourth-order valence-electron chi connectivity index (χ4n) is 2.88. The number of benzene rings is 1. The normalized spacial score (nSPS) is 11.5. The molecule has 0 bridgehead atoms. The van der Waals surface area contributed by atoms with Gasteiger partial charge in [-0.15, -0.1) is 0 Å². The summed E-state index contributed by atoms with van der Waals surface area (Å²) < 4.78 is 6.00. The lowest BCUT2D eigenvalue weighted by molar-refractivity contribution is -0.123. The molecule has 26 heavy (non-hydrogen) atoms. The van der Waals surface area contributed by atoms with E-state index in [2.05, 4.69) is 10.3 Å². The summed E-state index contributed by atoms with van der Waals surface area (Å²) in [6.45, 7) is 6.82. The maximum atomic E-state index is 12.1. The molecule has 2 aromatic rings. The number of ether oxygens (including phenoxy) is 1. The van der Waals surface area contributed by atoms with Crippen LogP contribution in [0.15, 0.2) is 24.3 Å². The molecule has 6 heteroatoms. The summed E-state index contributed by atoms with van der Waals surface area (Å²) in [6, 6.07) is 7.52. The number of nitrogens with one attached hydrogen (secondary N) is 1. The molecular formula is C20H30N4O2. The highest BCUT2D eigenvalue weighted by Gasteiger charge is 2.22. The Bertz CT molecular complexity index is 759. The topological polar surface area (TPSA) is 103 Å². The van der Waals surface area contributed by atoms with Gasteiger partial charge in [0.15, 0.2) is 0 Å². The molecule has 0 aliphatic rings. The lowest BCUT2D eigenvalue weighted by atomic mass is 10.1. The number of fused-ring (bicyclic) bond motifs is 1. The number of nitrogens with zero attached hydrogens (tertiary/aromatic N) is 1. The number of nitrogens with two attached hydrogens (primary N) is 2. The summed E-state index contributed by atoms with van der Waals surface area (Å²) in [4.78, 5) is 16.6. The molecule has 1 aromatic heterocycles. The second-order valence-electron chi connectivity index (χ2n) is 7.32. The quantitative estimate of drug-likeness (QED) is 0.598. The van der Waals surface area contributed by atoms with Gasteiger partial charge in [-0.25, -0.2) is 0 Å². The van der Waals surface area contributed by atoms with Crippen molar-refractivity contribution in [1.29, 1.82) is 0 Å². The summed E-state index contributed by atoms with van der Waals surface area (Å²) >= 11 is 0. The predicted octanol–water partition coefficient (Wildman–Crippen LogP) is 2.92. The van der Waals surface area contributed by atoms with E-state index in [1.807, 2.05) is 45.0 Å². The fraction of sp³-hybridized carbons (Fsp3) is 0.500. The zero-order valence-electron chi connectivity index (χ0n) is 16.0. The second kappa shape index (κ2) is 8.85. The van der Waals surface area contributed by atoms with E-state index in [4.69, 9.17) is 16.2 Å². The molecule has 0 fully saturated rings. The molecule has 1 amide bonds. The Morgan fingerprint density at radius 3 is 2.77 bits per heavy atom. The Hall–Kier alpha value is -2.34. The third-order valence-corrected chi connectivity index (χ3v) is 4.13. The third-order valence-electron chi connectivity index (χ3n) is 4.13. The molecule has 6 nitrogen and oxygen atoms in total. The summed E-state index contributed by atoms with van der Waals surface area (Å²) in [7, 11) is 0. The Morgan fingerprint density at radius 1 is 1.27 bits per heavy atom. The van der Waals surface area contributed by atoms with Crippen molar-refractivity contribution in [3.63, 3.8) is 0 Å². The highest BCUT2D eigenvalue weighted by Crippen LogP contribution is 2.30. The lowest BCUT2D eigenvalue weighted by Gasteiger charge is -2.27. The maximum Gasteiger partial charge on any atom is 0.220 e. The first kappa shape index (κ1) is 20.0. The number of carbonyl (C=O) groups excluding carboxylic acids is 1. The van der Waals surface area contributed by atoms with Crippen LogP contribution in [-0.4, -0.2) is 29.6 Å². The van der Waals surface area contributed by atoms with Crippen molar-refractivity contribution in [1.82, 2.24) is 10.3 Å². The molecule has 0 unspecified atom stereocenters. The van der Waals surface area contributed by atoms with Crippen LogP contribution in [0.4, 0.5) is 5.69 Å². The van der Waals surface area contributed by atoms with Crippen LogP contribution in [0, 0.1) is 6.92 Å². The van der Waals surface area contributed by atoms with Crippen LogP contribution in [0.25, 0.3) is 10.9 Å². The van der Waals surface area contributed by atoms with Crippen molar-refractivity contribution in [2.24, 2.45) is 5.73 Å². The highest BCUT2D eigenvalue weighted by molar-refractivity contribution is 5.95. The predicted molar refractivity (Wildman–Crippen MR) is 106 cm³/mol. The smallest absolute Gasteiger partial charge is 0.220 e. The van der Waals surface area contributed by atoms with Gasteiger partial charge in [0.05, 0.1) is 16.4 Å². The van der Waals surface area contributed by atoms with Crippen molar-refractivity contribution in [2.45, 2.75) is 52.0 Å². The van der Waals surface area contributed by atoms with Gasteiger partial charge in [0.2, 0.25) is 5.91 Å². The number of nitrogen functional groups attached to an aromatic ring is 1. The zero-order chi connectivity index (χ0) is 19.2. The zero-order valence-corrected chi connectivity index (χ0v) is 16.0. The minimum absolute atomic E-state index is 0.0327. The van der Waals surface area contributed by atoms with Crippen molar-refractivity contribution >= 4 is 22.5 Å². The first-order chi connectivity index (χ1) is 12.3. The first-order valence-corrected chi connectivity index (χ1v) is 9.12. The van der Waals surface area contributed by atoms with Crippen LogP contribution < -0.4 is 21.5 Å². The SMILES string of the molecule is Cc1cc(N)c2c(OCC(C)(C)NC(=O)CCCCCN)cccc2n1. The van der Waals surface area contributed by atoms with E-state index < -0.39 is 5.54 Å². The van der Waals surface area contributed by atoms with E-state index in [0.717, 1.165) is 35.9 Å². The summed E-state index contributed by atoms with van der Waals surface area (Å²) in [6.07, 6.45) is 3.29. The molecule has 1 heterocycles. The Balaban J connectivity index is 1.99. The molecule has 0 aliphatic heterocycles. The van der Waals surface area contributed by atoms with E-state index in [9.17, 15) is 4.79 Å². The number of anilines is 1. The average molecular weight is 358 g/mol.